The highest BCUT2D eigenvalue weighted by atomic mass is 32.1. The Kier molecular flexibility index (Phi) is 4.32. The summed E-state index contributed by atoms with van der Waals surface area (Å²) in [6, 6.07) is 16.6. The van der Waals surface area contributed by atoms with Gasteiger partial charge in [-0.05, 0) is 30.7 Å². The van der Waals surface area contributed by atoms with E-state index in [-0.39, 0.29) is 0 Å². The van der Waals surface area contributed by atoms with E-state index in [2.05, 4.69) is 57.3 Å². The van der Waals surface area contributed by atoms with Crippen molar-refractivity contribution in [1.82, 2.24) is 9.55 Å². The Morgan fingerprint density at radius 1 is 1.04 bits per heavy atom. The van der Waals surface area contributed by atoms with Gasteiger partial charge in [-0.25, -0.2) is 10.4 Å². The number of anilines is 1. The third-order valence-corrected chi connectivity index (χ3v) is 5.86. The van der Waals surface area contributed by atoms with Crippen molar-refractivity contribution in [3.05, 3.63) is 53.3 Å². The molecule has 0 atom stereocenters. The average Bonchev–Trinajstić information content (AvgIpc) is 3.18. The summed E-state index contributed by atoms with van der Waals surface area (Å²) in [5.74, 6) is 0. The normalized spacial score (nSPS) is 12.3. The summed E-state index contributed by atoms with van der Waals surface area (Å²) in [6.45, 7) is 3.20. The van der Waals surface area contributed by atoms with Crippen LogP contribution in [0.4, 0.5) is 5.13 Å². The van der Waals surface area contributed by atoms with Crippen LogP contribution in [-0.4, -0.2) is 9.55 Å². The monoisotopic (exact) mass is 354 g/mol. The summed E-state index contributed by atoms with van der Waals surface area (Å²) >= 11 is 3.34. The van der Waals surface area contributed by atoms with Crippen LogP contribution in [0.15, 0.2) is 53.6 Å². The van der Waals surface area contributed by atoms with E-state index >= 15 is 0 Å². The third kappa shape index (κ3) is 2.95. The molecule has 0 saturated carbocycles. The first-order chi connectivity index (χ1) is 11.8. The van der Waals surface area contributed by atoms with Gasteiger partial charge in [-0.15, -0.1) is 5.10 Å². The molecule has 4 aromatic rings. The summed E-state index contributed by atoms with van der Waals surface area (Å²) in [4.78, 5) is 5.57. The number of nitrogens with zero attached hydrogens (tertiary/aromatic N) is 3. The van der Waals surface area contributed by atoms with Gasteiger partial charge in [0.2, 0.25) is 9.93 Å². The maximum atomic E-state index is 4.64. The smallest absolute Gasteiger partial charge is 0.209 e. The van der Waals surface area contributed by atoms with Gasteiger partial charge in [-0.1, -0.05) is 60.3 Å². The molecular weight excluding hydrogens is 336 g/mol. The Morgan fingerprint density at radius 2 is 1.83 bits per heavy atom. The minimum Gasteiger partial charge on any atom is -0.315 e. The van der Waals surface area contributed by atoms with Crippen LogP contribution in [0.2, 0.25) is 0 Å². The molecule has 4 nitrogen and oxygen atoms in total. The van der Waals surface area contributed by atoms with Gasteiger partial charge in [-0.2, -0.15) is 0 Å². The molecule has 0 radical (unpaired) electrons. The molecule has 0 aliphatic heterocycles. The zero-order valence-corrected chi connectivity index (χ0v) is 15.0. The quantitative estimate of drug-likeness (QED) is 0.510. The van der Waals surface area contributed by atoms with Crippen molar-refractivity contribution in [2.45, 2.75) is 26.3 Å². The van der Waals surface area contributed by atoms with E-state index in [0.717, 1.165) is 28.4 Å². The molecule has 6 heteroatoms. The summed E-state index contributed by atoms with van der Waals surface area (Å²) in [5.41, 5.74) is 5.41. The first-order valence-corrected chi connectivity index (χ1v) is 9.72. The van der Waals surface area contributed by atoms with E-state index in [1.807, 2.05) is 18.2 Å². The van der Waals surface area contributed by atoms with E-state index in [1.54, 1.807) is 22.7 Å². The van der Waals surface area contributed by atoms with Crippen molar-refractivity contribution in [2.24, 2.45) is 5.10 Å². The van der Waals surface area contributed by atoms with Crippen LogP contribution >= 0.6 is 22.7 Å². The minimum atomic E-state index is 0.829. The van der Waals surface area contributed by atoms with Gasteiger partial charge in [0.1, 0.15) is 0 Å². The fourth-order valence-electron chi connectivity index (χ4n) is 2.65. The highest BCUT2D eigenvalue weighted by molar-refractivity contribution is 7.22. The largest absolute Gasteiger partial charge is 0.315 e. The molecule has 2 aromatic carbocycles. The number of thiazole rings is 2. The van der Waals surface area contributed by atoms with Crippen LogP contribution in [0.5, 0.6) is 0 Å². The van der Waals surface area contributed by atoms with Crippen LogP contribution in [0.25, 0.3) is 20.4 Å². The van der Waals surface area contributed by atoms with Crippen LogP contribution in [-0.2, 0) is 6.54 Å². The Morgan fingerprint density at radius 3 is 2.67 bits per heavy atom. The second-order valence-electron chi connectivity index (χ2n) is 5.57. The Hall–Kier alpha value is -2.18. The van der Waals surface area contributed by atoms with Crippen LogP contribution in [0, 0.1) is 0 Å². The summed E-state index contributed by atoms with van der Waals surface area (Å²) in [7, 11) is 0. The van der Waals surface area contributed by atoms with Crippen molar-refractivity contribution < 1.29 is 0 Å². The number of nitrogens with one attached hydrogen (secondary N) is 1. The van der Waals surface area contributed by atoms with E-state index < -0.39 is 0 Å². The molecule has 2 heterocycles. The molecule has 0 saturated heterocycles. The number of aryl methyl sites for hydroxylation is 1. The van der Waals surface area contributed by atoms with Gasteiger partial charge < -0.3 is 4.57 Å². The van der Waals surface area contributed by atoms with E-state index in [0.29, 0.717) is 0 Å². The summed E-state index contributed by atoms with van der Waals surface area (Å²) < 4.78 is 4.73. The summed E-state index contributed by atoms with van der Waals surface area (Å²) in [6.07, 6.45) is 2.32. The fraction of sp³-hybridized carbons (Fsp3) is 0.222. The number of aromatic nitrogens is 2. The molecule has 2 aromatic heterocycles. The van der Waals surface area contributed by atoms with Crippen LogP contribution in [0.3, 0.4) is 0 Å². The number of hydrogen-bond donors (Lipinski definition) is 1. The Bertz CT molecular complexity index is 1010. The van der Waals surface area contributed by atoms with Crippen molar-refractivity contribution in [3.63, 3.8) is 0 Å². The number of unbranched alkanes of at least 4 members (excludes halogenated alkanes) is 1. The Labute approximate surface area is 148 Å². The number of para-hydroxylation sites is 2. The standard InChI is InChI=1S/C18H18N4S2/c1-2-3-12-22-14-9-5-7-11-16(14)24-18(22)21-20-17-19-13-8-4-6-10-15(13)23-17/h4-11H,2-3,12H2,1H3,(H,19,20). The lowest BCUT2D eigenvalue weighted by atomic mass is 10.3. The molecule has 0 aliphatic carbocycles. The van der Waals surface area contributed by atoms with Gasteiger partial charge in [0.15, 0.2) is 0 Å². The predicted octanol–water partition coefficient (Wildman–Crippen LogP) is 5.04. The zero-order chi connectivity index (χ0) is 16.4. The highest BCUT2D eigenvalue weighted by Crippen LogP contribution is 2.25. The second-order valence-corrected chi connectivity index (χ2v) is 7.61. The summed E-state index contributed by atoms with van der Waals surface area (Å²) in [5, 5.41) is 5.47. The van der Waals surface area contributed by atoms with E-state index in [4.69, 9.17) is 0 Å². The molecule has 0 amide bonds. The molecule has 0 bridgehead atoms. The second kappa shape index (κ2) is 6.75. The molecule has 0 spiro atoms. The average molecular weight is 355 g/mol. The third-order valence-electron chi connectivity index (χ3n) is 3.86. The van der Waals surface area contributed by atoms with Gasteiger partial charge in [0.25, 0.3) is 0 Å². The lowest BCUT2D eigenvalue weighted by molar-refractivity contribution is 0.633. The maximum Gasteiger partial charge on any atom is 0.209 e. The molecule has 1 N–H and O–H groups in total. The SMILES string of the molecule is CCCCn1c(=NNc2nc3ccccc3s2)sc2ccccc21. The molecule has 122 valence electrons. The van der Waals surface area contributed by atoms with Crippen LogP contribution in [0.1, 0.15) is 19.8 Å². The van der Waals surface area contributed by atoms with Crippen molar-refractivity contribution in [1.29, 1.82) is 0 Å². The number of benzene rings is 2. The molecule has 0 unspecified atom stereocenters. The molecule has 0 fully saturated rings. The van der Waals surface area contributed by atoms with Gasteiger partial charge in [-0.3, -0.25) is 0 Å². The maximum absolute atomic E-state index is 4.64. The molecule has 0 aliphatic rings. The van der Waals surface area contributed by atoms with Gasteiger partial charge in [0, 0.05) is 6.54 Å². The van der Waals surface area contributed by atoms with Gasteiger partial charge in [0.05, 0.1) is 20.4 Å². The van der Waals surface area contributed by atoms with E-state index in [1.165, 1.54) is 21.3 Å². The topological polar surface area (TPSA) is 42.2 Å². The molecular formula is C18H18N4S2. The van der Waals surface area contributed by atoms with Crippen LogP contribution < -0.4 is 10.2 Å². The molecule has 24 heavy (non-hydrogen) atoms. The van der Waals surface area contributed by atoms with E-state index in [9.17, 15) is 0 Å². The number of hydrogen-bond acceptors (Lipinski definition) is 5. The highest BCUT2D eigenvalue weighted by Gasteiger charge is 2.06. The number of fused-ring (bicyclic) bond motifs is 2. The van der Waals surface area contributed by atoms with Crippen molar-refractivity contribution >= 4 is 48.2 Å². The van der Waals surface area contributed by atoms with Crippen molar-refractivity contribution in [2.75, 3.05) is 5.43 Å². The Balaban J connectivity index is 1.72. The minimum absolute atomic E-state index is 0.829. The van der Waals surface area contributed by atoms with Gasteiger partial charge >= 0.3 is 0 Å². The predicted molar refractivity (Wildman–Crippen MR) is 104 cm³/mol. The number of rotatable bonds is 5. The first kappa shape index (κ1) is 15.4. The fourth-order valence-corrected chi connectivity index (χ4v) is 4.48. The first-order valence-electron chi connectivity index (χ1n) is 8.09. The van der Waals surface area contributed by atoms with Crippen molar-refractivity contribution in [3.8, 4) is 0 Å². The lowest BCUT2D eigenvalue weighted by Gasteiger charge is -2.03. The lowest BCUT2D eigenvalue weighted by Crippen LogP contribution is -2.16. The zero-order valence-electron chi connectivity index (χ0n) is 13.4. The molecule has 4 rings (SSSR count).